The van der Waals surface area contributed by atoms with E-state index in [1.807, 2.05) is 66.9 Å². The van der Waals surface area contributed by atoms with E-state index in [4.69, 9.17) is 4.74 Å². The lowest BCUT2D eigenvalue weighted by molar-refractivity contribution is 0.0932. The average molecular weight is 420 g/mol. The maximum atomic E-state index is 13.2. The van der Waals surface area contributed by atoms with Crippen molar-refractivity contribution in [2.24, 2.45) is 0 Å². The number of para-hydroxylation sites is 2. The second-order valence-electron chi connectivity index (χ2n) is 6.54. The zero-order valence-electron chi connectivity index (χ0n) is 16.6. The number of ether oxygens (including phenoxy) is 1. The fourth-order valence-electron chi connectivity index (χ4n) is 3.23. The zero-order valence-corrected chi connectivity index (χ0v) is 17.5. The fraction of sp³-hybridized carbons (Fsp3) is 0.182. The van der Waals surface area contributed by atoms with E-state index in [-0.39, 0.29) is 17.6 Å². The molecule has 4 rings (SSSR count). The van der Waals surface area contributed by atoms with Gasteiger partial charge >= 0.3 is 0 Å². The molecule has 8 heteroatoms. The third-order valence-corrected chi connectivity index (χ3v) is 5.69. The number of rotatable bonds is 7. The molecule has 0 bridgehead atoms. The van der Waals surface area contributed by atoms with Crippen molar-refractivity contribution in [1.29, 1.82) is 0 Å². The van der Waals surface area contributed by atoms with Gasteiger partial charge in [-0.25, -0.2) is 4.68 Å². The number of hydrogen-bond donors (Lipinski definition) is 1. The van der Waals surface area contributed by atoms with Crippen molar-refractivity contribution in [2.75, 3.05) is 7.11 Å². The van der Waals surface area contributed by atoms with E-state index in [0.29, 0.717) is 22.8 Å². The largest absolute Gasteiger partial charge is 0.494 e. The second-order valence-corrected chi connectivity index (χ2v) is 7.51. The number of hydrogen-bond acceptors (Lipinski definition) is 6. The number of nitrogens with zero attached hydrogens (tertiary/aromatic N) is 4. The molecule has 1 N–H and O–H groups in total. The SMILES string of the molecule is CC[C@@H](NC(=O)c1nnn(-c2ccccc2OC)c1-c1ccccn1)c1cccs1. The molecule has 0 saturated heterocycles. The van der Waals surface area contributed by atoms with Crippen LogP contribution in [0.2, 0.25) is 0 Å². The normalized spacial score (nSPS) is 11.8. The molecule has 152 valence electrons. The molecule has 0 aliphatic heterocycles. The molecule has 0 aliphatic carbocycles. The Morgan fingerprint density at radius 1 is 1.17 bits per heavy atom. The van der Waals surface area contributed by atoms with Crippen molar-refractivity contribution in [3.05, 3.63) is 76.7 Å². The number of carbonyl (C=O) groups is 1. The molecule has 4 aromatic rings. The van der Waals surface area contributed by atoms with E-state index in [1.165, 1.54) is 0 Å². The molecular weight excluding hydrogens is 398 g/mol. The van der Waals surface area contributed by atoms with Crippen molar-refractivity contribution >= 4 is 17.2 Å². The van der Waals surface area contributed by atoms with Crippen LogP contribution in [-0.4, -0.2) is 33.0 Å². The topological polar surface area (TPSA) is 81.9 Å². The lowest BCUT2D eigenvalue weighted by Gasteiger charge is -2.15. The summed E-state index contributed by atoms with van der Waals surface area (Å²) in [5, 5.41) is 13.6. The predicted molar refractivity (Wildman–Crippen MR) is 116 cm³/mol. The lowest BCUT2D eigenvalue weighted by Crippen LogP contribution is -2.28. The number of nitrogens with one attached hydrogen (secondary N) is 1. The molecule has 0 radical (unpaired) electrons. The Labute approximate surface area is 178 Å². The molecule has 3 aromatic heterocycles. The summed E-state index contributed by atoms with van der Waals surface area (Å²) in [7, 11) is 1.59. The van der Waals surface area contributed by atoms with Crippen LogP contribution in [0, 0.1) is 0 Å². The van der Waals surface area contributed by atoms with Gasteiger partial charge in [0.15, 0.2) is 5.69 Å². The van der Waals surface area contributed by atoms with Gasteiger partial charge in [-0.05, 0) is 42.1 Å². The molecule has 0 spiro atoms. The molecule has 0 saturated carbocycles. The number of pyridine rings is 1. The monoisotopic (exact) mass is 419 g/mol. The van der Waals surface area contributed by atoms with Gasteiger partial charge in [-0.15, -0.1) is 16.4 Å². The molecule has 0 aliphatic rings. The first-order chi connectivity index (χ1) is 14.7. The number of methoxy groups -OCH3 is 1. The van der Waals surface area contributed by atoms with E-state index in [1.54, 1.807) is 29.3 Å². The van der Waals surface area contributed by atoms with Crippen molar-refractivity contribution in [2.45, 2.75) is 19.4 Å². The lowest BCUT2D eigenvalue weighted by atomic mass is 10.1. The Bertz CT molecular complexity index is 1130. The van der Waals surface area contributed by atoms with Crippen LogP contribution < -0.4 is 10.1 Å². The minimum Gasteiger partial charge on any atom is -0.494 e. The quantitative estimate of drug-likeness (QED) is 0.483. The molecule has 0 unspecified atom stereocenters. The third kappa shape index (κ3) is 3.81. The smallest absolute Gasteiger partial charge is 0.274 e. The van der Waals surface area contributed by atoms with Crippen LogP contribution in [0.25, 0.3) is 17.1 Å². The molecule has 3 heterocycles. The van der Waals surface area contributed by atoms with Crippen LogP contribution in [0.4, 0.5) is 0 Å². The summed E-state index contributed by atoms with van der Waals surface area (Å²) in [4.78, 5) is 18.8. The van der Waals surface area contributed by atoms with E-state index < -0.39 is 0 Å². The average Bonchev–Trinajstić information content (AvgIpc) is 3.48. The summed E-state index contributed by atoms with van der Waals surface area (Å²) < 4.78 is 7.08. The third-order valence-electron chi connectivity index (χ3n) is 4.71. The number of amides is 1. The van der Waals surface area contributed by atoms with Gasteiger partial charge in [0.2, 0.25) is 0 Å². The minimum absolute atomic E-state index is 0.0921. The Morgan fingerprint density at radius 3 is 2.70 bits per heavy atom. The molecular formula is C22H21N5O2S. The first-order valence-electron chi connectivity index (χ1n) is 9.57. The van der Waals surface area contributed by atoms with Crippen molar-refractivity contribution in [3.8, 4) is 22.8 Å². The number of carbonyl (C=O) groups excluding carboxylic acids is 1. The van der Waals surface area contributed by atoms with E-state index in [2.05, 4.69) is 20.6 Å². The summed E-state index contributed by atoms with van der Waals surface area (Å²) in [6.07, 6.45) is 2.45. The van der Waals surface area contributed by atoms with Gasteiger partial charge in [-0.1, -0.05) is 36.4 Å². The highest BCUT2D eigenvalue weighted by molar-refractivity contribution is 7.10. The first kappa shape index (κ1) is 19.8. The van der Waals surface area contributed by atoms with Crippen LogP contribution >= 0.6 is 11.3 Å². The first-order valence-corrected chi connectivity index (χ1v) is 10.5. The van der Waals surface area contributed by atoms with Gasteiger partial charge in [0.05, 0.1) is 18.8 Å². The number of benzene rings is 1. The van der Waals surface area contributed by atoms with E-state index >= 15 is 0 Å². The standard InChI is InChI=1S/C22H21N5O2S/c1-3-15(19-12-8-14-30-19)24-22(28)20-21(16-9-6-7-13-23-16)27(26-25-20)17-10-4-5-11-18(17)29-2/h4-15H,3H2,1-2H3,(H,24,28)/t15-/m1/s1. The van der Waals surface area contributed by atoms with E-state index in [9.17, 15) is 4.79 Å². The Kier molecular flexibility index (Phi) is 5.85. The van der Waals surface area contributed by atoms with Crippen LogP contribution in [0.3, 0.4) is 0 Å². The summed E-state index contributed by atoms with van der Waals surface area (Å²) >= 11 is 1.62. The van der Waals surface area contributed by atoms with Crippen molar-refractivity contribution in [1.82, 2.24) is 25.3 Å². The molecule has 1 amide bonds. The maximum absolute atomic E-state index is 13.2. The zero-order chi connectivity index (χ0) is 20.9. The summed E-state index contributed by atoms with van der Waals surface area (Å²) in [5.41, 5.74) is 2.01. The molecule has 1 atom stereocenters. The molecule has 1 aromatic carbocycles. The number of aromatic nitrogens is 4. The van der Waals surface area contributed by atoms with Gasteiger partial charge in [0.25, 0.3) is 5.91 Å². The van der Waals surface area contributed by atoms with Crippen LogP contribution in [0.1, 0.15) is 34.8 Å². The number of thiophene rings is 1. The molecule has 30 heavy (non-hydrogen) atoms. The van der Waals surface area contributed by atoms with Crippen LogP contribution in [0.5, 0.6) is 5.75 Å². The van der Waals surface area contributed by atoms with Gasteiger partial charge < -0.3 is 10.1 Å². The summed E-state index contributed by atoms with van der Waals surface area (Å²) in [5.74, 6) is 0.327. The Balaban J connectivity index is 1.79. The fourth-order valence-corrected chi connectivity index (χ4v) is 4.09. The molecule has 7 nitrogen and oxygen atoms in total. The summed E-state index contributed by atoms with van der Waals surface area (Å²) in [6.45, 7) is 2.04. The Morgan fingerprint density at radius 2 is 2.00 bits per heavy atom. The Hall–Kier alpha value is -3.52. The van der Waals surface area contributed by atoms with E-state index in [0.717, 1.165) is 11.3 Å². The minimum atomic E-state index is -0.294. The van der Waals surface area contributed by atoms with Gasteiger partial charge in [0.1, 0.15) is 17.1 Å². The predicted octanol–water partition coefficient (Wildman–Crippen LogP) is 4.28. The highest BCUT2D eigenvalue weighted by Gasteiger charge is 2.26. The van der Waals surface area contributed by atoms with Crippen molar-refractivity contribution in [3.63, 3.8) is 0 Å². The highest BCUT2D eigenvalue weighted by Crippen LogP contribution is 2.29. The van der Waals surface area contributed by atoms with Gasteiger partial charge in [-0.3, -0.25) is 9.78 Å². The van der Waals surface area contributed by atoms with Crippen LogP contribution in [-0.2, 0) is 0 Å². The van der Waals surface area contributed by atoms with Crippen LogP contribution in [0.15, 0.2) is 66.2 Å². The molecule has 0 fully saturated rings. The van der Waals surface area contributed by atoms with Gasteiger partial charge in [-0.2, -0.15) is 0 Å². The highest BCUT2D eigenvalue weighted by atomic mass is 32.1. The maximum Gasteiger partial charge on any atom is 0.274 e. The summed E-state index contributed by atoms with van der Waals surface area (Å²) in [6, 6.07) is 16.9. The second kappa shape index (κ2) is 8.87. The van der Waals surface area contributed by atoms with Crippen molar-refractivity contribution < 1.29 is 9.53 Å². The van der Waals surface area contributed by atoms with Gasteiger partial charge in [0, 0.05) is 11.1 Å².